The van der Waals surface area contributed by atoms with Crippen LogP contribution < -0.4 is 15.1 Å². The van der Waals surface area contributed by atoms with Crippen LogP contribution in [-0.2, 0) is 0 Å². The molecule has 0 radical (unpaired) electrons. The van der Waals surface area contributed by atoms with E-state index in [1.807, 2.05) is 36.1 Å². The summed E-state index contributed by atoms with van der Waals surface area (Å²) in [5, 5.41) is 21.9. The fourth-order valence-electron chi connectivity index (χ4n) is 4.73. The van der Waals surface area contributed by atoms with E-state index < -0.39 is 0 Å². The first-order valence-corrected chi connectivity index (χ1v) is 12.1. The highest BCUT2D eigenvalue weighted by molar-refractivity contribution is 6.32. The van der Waals surface area contributed by atoms with Crippen molar-refractivity contribution in [3.63, 3.8) is 0 Å². The summed E-state index contributed by atoms with van der Waals surface area (Å²) >= 11 is 6.23. The number of pyridine rings is 1. The molecule has 2 aliphatic heterocycles. The summed E-state index contributed by atoms with van der Waals surface area (Å²) in [4.78, 5) is 23.9. The van der Waals surface area contributed by atoms with Gasteiger partial charge in [-0.3, -0.25) is 0 Å². The summed E-state index contributed by atoms with van der Waals surface area (Å²) in [6, 6.07) is 11.3. The number of piperazine rings is 1. The zero-order chi connectivity index (χ0) is 24.2. The number of benzene rings is 1. The van der Waals surface area contributed by atoms with Gasteiger partial charge < -0.3 is 25.1 Å². The van der Waals surface area contributed by atoms with Gasteiger partial charge in [0.05, 0.1) is 22.5 Å². The molecule has 2 aromatic rings. The van der Waals surface area contributed by atoms with E-state index in [2.05, 4.69) is 33.1 Å². The zero-order valence-electron chi connectivity index (χ0n) is 19.6. The first-order chi connectivity index (χ1) is 16.4. The number of amides is 2. The summed E-state index contributed by atoms with van der Waals surface area (Å²) < 4.78 is 0. The third-order valence-electron chi connectivity index (χ3n) is 6.85. The lowest BCUT2D eigenvalue weighted by atomic mass is 9.98. The third-order valence-corrected chi connectivity index (χ3v) is 7.16. The van der Waals surface area contributed by atoms with Crippen molar-refractivity contribution in [2.45, 2.75) is 38.8 Å². The van der Waals surface area contributed by atoms with Gasteiger partial charge in [0, 0.05) is 50.6 Å². The molecule has 0 aliphatic carbocycles. The first kappa shape index (κ1) is 24.1. The Morgan fingerprint density at radius 1 is 1.21 bits per heavy atom. The smallest absolute Gasteiger partial charge is 0.322 e. The van der Waals surface area contributed by atoms with Gasteiger partial charge >= 0.3 is 6.03 Å². The number of nitriles is 1. The Bertz CT molecular complexity index is 1050. The van der Waals surface area contributed by atoms with E-state index in [0.717, 1.165) is 37.4 Å². The molecule has 2 amide bonds. The Kier molecular flexibility index (Phi) is 7.44. The molecule has 0 bridgehead atoms. The van der Waals surface area contributed by atoms with Crippen molar-refractivity contribution >= 4 is 34.8 Å². The van der Waals surface area contributed by atoms with Gasteiger partial charge in [0.2, 0.25) is 0 Å². The highest BCUT2D eigenvalue weighted by atomic mass is 35.5. The minimum atomic E-state index is -0.143. The zero-order valence-corrected chi connectivity index (χ0v) is 20.4. The van der Waals surface area contributed by atoms with Gasteiger partial charge in [-0.25, -0.2) is 9.78 Å². The lowest BCUT2D eigenvalue weighted by molar-refractivity contribution is 0.173. The number of urea groups is 1. The van der Waals surface area contributed by atoms with Gasteiger partial charge in [0.1, 0.15) is 11.9 Å². The monoisotopic (exact) mass is 482 g/mol. The molecule has 3 heterocycles. The van der Waals surface area contributed by atoms with Crippen molar-refractivity contribution < 1.29 is 9.90 Å². The average molecular weight is 483 g/mol. The topological polar surface area (TPSA) is 95.7 Å². The molecular formula is C25H31ClN6O2. The van der Waals surface area contributed by atoms with Crippen LogP contribution in [0.5, 0.6) is 0 Å². The van der Waals surface area contributed by atoms with Crippen LogP contribution in [-0.4, -0.2) is 65.9 Å². The average Bonchev–Trinajstić information content (AvgIpc) is 2.85. The standard InChI is InChI=1S/C25H31ClN6O2/c1-17-15-32(18(2)14-31(17)22-5-3-20(12-27)23(26)11-22)25(34)29-21-4-6-24(28-13-21)30-9-7-19(16-33)8-10-30/h3-6,11,13,17-19,33H,7-10,14-16H2,1-2H3,(H,29,34)/t17-,18+/m0/s1. The molecule has 2 fully saturated rings. The Morgan fingerprint density at radius 2 is 1.97 bits per heavy atom. The highest BCUT2D eigenvalue weighted by Gasteiger charge is 2.32. The van der Waals surface area contributed by atoms with Crippen LogP contribution in [0, 0.1) is 17.2 Å². The summed E-state index contributed by atoms with van der Waals surface area (Å²) in [7, 11) is 0. The van der Waals surface area contributed by atoms with E-state index >= 15 is 0 Å². The van der Waals surface area contributed by atoms with Crippen molar-refractivity contribution in [2.24, 2.45) is 5.92 Å². The molecule has 34 heavy (non-hydrogen) atoms. The second kappa shape index (κ2) is 10.5. The van der Waals surface area contributed by atoms with Gasteiger partial charge in [-0.1, -0.05) is 11.6 Å². The van der Waals surface area contributed by atoms with E-state index in [-0.39, 0.29) is 24.7 Å². The molecule has 0 spiro atoms. The fraction of sp³-hybridized carbons (Fsp3) is 0.480. The van der Waals surface area contributed by atoms with E-state index in [4.69, 9.17) is 16.9 Å². The third kappa shape index (κ3) is 5.21. The van der Waals surface area contributed by atoms with Gasteiger partial charge in [0.15, 0.2) is 0 Å². The van der Waals surface area contributed by atoms with Crippen LogP contribution in [0.3, 0.4) is 0 Å². The Balaban J connectivity index is 1.36. The number of aliphatic hydroxyl groups excluding tert-OH is 1. The number of carbonyl (C=O) groups is 1. The van der Waals surface area contributed by atoms with Crippen LogP contribution in [0.2, 0.25) is 5.02 Å². The number of aromatic nitrogens is 1. The molecule has 0 saturated carbocycles. The van der Waals surface area contributed by atoms with Crippen molar-refractivity contribution in [2.75, 3.05) is 47.9 Å². The minimum Gasteiger partial charge on any atom is -0.396 e. The van der Waals surface area contributed by atoms with Crippen LogP contribution in [0.15, 0.2) is 36.5 Å². The summed E-state index contributed by atoms with van der Waals surface area (Å²) in [6.07, 6.45) is 3.63. The molecule has 180 valence electrons. The molecule has 2 aliphatic rings. The predicted octanol–water partition coefficient (Wildman–Crippen LogP) is 3.95. The number of halogens is 1. The minimum absolute atomic E-state index is 0.00864. The van der Waals surface area contributed by atoms with Gasteiger partial charge in [0.25, 0.3) is 0 Å². The number of hydrogen-bond acceptors (Lipinski definition) is 6. The number of anilines is 3. The Labute approximate surface area is 205 Å². The SMILES string of the molecule is C[C@@H]1CN(c2ccc(C#N)c(Cl)c2)[C@@H](C)CN1C(=O)Nc1ccc(N2CCC(CO)CC2)nc1. The number of aliphatic hydroxyl groups is 1. The lowest BCUT2D eigenvalue weighted by Gasteiger charge is -2.45. The van der Waals surface area contributed by atoms with Crippen molar-refractivity contribution in [3.05, 3.63) is 47.1 Å². The second-order valence-electron chi connectivity index (χ2n) is 9.23. The molecule has 2 atom stereocenters. The van der Waals surface area contributed by atoms with Crippen LogP contribution in [0.25, 0.3) is 0 Å². The Morgan fingerprint density at radius 3 is 2.59 bits per heavy atom. The van der Waals surface area contributed by atoms with E-state index in [9.17, 15) is 9.90 Å². The molecule has 4 rings (SSSR count). The number of nitrogens with one attached hydrogen (secondary N) is 1. The number of carbonyl (C=O) groups excluding carboxylic acids is 1. The molecular weight excluding hydrogens is 452 g/mol. The molecule has 1 aromatic heterocycles. The maximum atomic E-state index is 13.0. The molecule has 0 unspecified atom stereocenters. The normalized spacial score (nSPS) is 21.3. The van der Waals surface area contributed by atoms with Crippen molar-refractivity contribution in [1.82, 2.24) is 9.88 Å². The second-order valence-corrected chi connectivity index (χ2v) is 9.63. The first-order valence-electron chi connectivity index (χ1n) is 11.8. The van der Waals surface area contributed by atoms with Crippen molar-refractivity contribution in [3.8, 4) is 6.07 Å². The van der Waals surface area contributed by atoms with Crippen LogP contribution in [0.1, 0.15) is 32.3 Å². The van der Waals surface area contributed by atoms with Crippen LogP contribution in [0.4, 0.5) is 22.0 Å². The summed E-state index contributed by atoms with van der Waals surface area (Å²) in [5.41, 5.74) is 2.07. The predicted molar refractivity (Wildman–Crippen MR) is 134 cm³/mol. The lowest BCUT2D eigenvalue weighted by Crippen LogP contribution is -2.59. The molecule has 2 saturated heterocycles. The number of piperidine rings is 1. The number of nitrogens with zero attached hydrogens (tertiary/aromatic N) is 5. The highest BCUT2D eigenvalue weighted by Crippen LogP contribution is 2.28. The molecule has 8 nitrogen and oxygen atoms in total. The molecule has 2 N–H and O–H groups in total. The molecule has 1 aromatic carbocycles. The van der Waals surface area contributed by atoms with Gasteiger partial charge in [-0.05, 0) is 62.9 Å². The maximum Gasteiger partial charge on any atom is 0.322 e. The fourth-order valence-corrected chi connectivity index (χ4v) is 4.95. The van der Waals surface area contributed by atoms with E-state index in [1.54, 1.807) is 12.3 Å². The van der Waals surface area contributed by atoms with Gasteiger partial charge in [-0.15, -0.1) is 0 Å². The largest absolute Gasteiger partial charge is 0.396 e. The quantitative estimate of drug-likeness (QED) is 0.685. The van der Waals surface area contributed by atoms with E-state index in [0.29, 0.717) is 35.3 Å². The van der Waals surface area contributed by atoms with E-state index in [1.165, 1.54) is 0 Å². The number of rotatable bonds is 4. The maximum absolute atomic E-state index is 13.0. The summed E-state index contributed by atoms with van der Waals surface area (Å²) in [5.74, 6) is 1.28. The van der Waals surface area contributed by atoms with Crippen LogP contribution >= 0.6 is 11.6 Å². The summed E-state index contributed by atoms with van der Waals surface area (Å²) in [6.45, 7) is 7.35. The van der Waals surface area contributed by atoms with Gasteiger partial charge in [-0.2, -0.15) is 5.26 Å². The van der Waals surface area contributed by atoms with Crippen molar-refractivity contribution in [1.29, 1.82) is 5.26 Å². The Hall–Kier alpha value is -3.02. The number of hydrogen-bond donors (Lipinski definition) is 2. The molecule has 9 heteroatoms.